The van der Waals surface area contributed by atoms with E-state index in [2.05, 4.69) is 228 Å². The Morgan fingerprint density at radius 3 is 1.68 bits per heavy atom. The molecule has 0 fully saturated rings. The first-order chi connectivity index (χ1) is 29.2. The molecule has 1 heterocycles. The van der Waals surface area contributed by atoms with E-state index in [1.54, 1.807) is 0 Å². The molecule has 0 aliphatic heterocycles. The fourth-order valence-electron chi connectivity index (χ4n) is 10.3. The summed E-state index contributed by atoms with van der Waals surface area (Å²) >= 11 is 0. The number of hydrogen-bond acceptors (Lipinski definition) is 1. The van der Waals surface area contributed by atoms with Crippen LogP contribution in [0.3, 0.4) is 0 Å². The van der Waals surface area contributed by atoms with Crippen molar-refractivity contribution >= 4 is 38.9 Å². The van der Waals surface area contributed by atoms with Crippen molar-refractivity contribution in [1.82, 2.24) is 4.57 Å². The third-order valence-electron chi connectivity index (χ3n) is 12.9. The van der Waals surface area contributed by atoms with Gasteiger partial charge in [-0.3, -0.25) is 0 Å². The summed E-state index contributed by atoms with van der Waals surface area (Å²) in [7, 11) is 0. The zero-order chi connectivity index (χ0) is 38.9. The van der Waals surface area contributed by atoms with E-state index in [4.69, 9.17) is 0 Å². The Balaban J connectivity index is 1.03. The second-order valence-corrected chi connectivity index (χ2v) is 16.2. The van der Waals surface area contributed by atoms with Crippen molar-refractivity contribution in [3.8, 4) is 39.1 Å². The van der Waals surface area contributed by atoms with Gasteiger partial charge in [-0.15, -0.1) is 0 Å². The Labute approximate surface area is 344 Å². The number of aromatic nitrogens is 1. The number of para-hydroxylation sites is 2. The Morgan fingerprint density at radius 2 is 0.915 bits per heavy atom. The molecule has 278 valence electrons. The van der Waals surface area contributed by atoms with Gasteiger partial charge in [0.25, 0.3) is 0 Å². The molecule has 0 radical (unpaired) electrons. The molecular weight excluding hydrogens is 713 g/mol. The number of nitrogens with zero attached hydrogens (tertiary/aromatic N) is 2. The zero-order valence-corrected chi connectivity index (χ0v) is 32.6. The van der Waals surface area contributed by atoms with Crippen molar-refractivity contribution in [2.24, 2.45) is 0 Å². The molecule has 2 aliphatic rings. The van der Waals surface area contributed by atoms with Gasteiger partial charge in [0.15, 0.2) is 0 Å². The Morgan fingerprint density at radius 1 is 0.356 bits per heavy atom. The molecule has 12 rings (SSSR count). The van der Waals surface area contributed by atoms with Crippen molar-refractivity contribution in [3.63, 3.8) is 0 Å². The minimum atomic E-state index is -0.0978. The van der Waals surface area contributed by atoms with Crippen molar-refractivity contribution in [1.29, 1.82) is 0 Å². The van der Waals surface area contributed by atoms with Gasteiger partial charge in [0.2, 0.25) is 0 Å². The molecule has 0 unspecified atom stereocenters. The van der Waals surface area contributed by atoms with Gasteiger partial charge in [-0.1, -0.05) is 152 Å². The molecule has 0 atom stereocenters. The summed E-state index contributed by atoms with van der Waals surface area (Å²) in [4.78, 5) is 2.47. The summed E-state index contributed by atoms with van der Waals surface area (Å²) in [6.45, 7) is 0. The highest BCUT2D eigenvalue weighted by molar-refractivity contribution is 6.10. The van der Waals surface area contributed by atoms with Crippen LogP contribution >= 0.6 is 0 Å². The number of fused-ring (bicyclic) bond motifs is 9. The summed E-state index contributed by atoms with van der Waals surface area (Å²) in [6.07, 6.45) is 2.03. The fraction of sp³-hybridized carbons (Fsp3) is 0.0526. The summed E-state index contributed by atoms with van der Waals surface area (Å²) in [5.41, 5.74) is 20.2. The highest BCUT2D eigenvalue weighted by Crippen LogP contribution is 2.56. The number of rotatable bonds is 6. The first kappa shape index (κ1) is 33.7. The number of benzene rings is 9. The van der Waals surface area contributed by atoms with Gasteiger partial charge < -0.3 is 9.47 Å². The lowest BCUT2D eigenvalue weighted by molar-refractivity contribution is 0.563. The van der Waals surface area contributed by atoms with Gasteiger partial charge in [-0.2, -0.15) is 0 Å². The minimum absolute atomic E-state index is 0.0978. The Kier molecular flexibility index (Phi) is 7.61. The fourth-order valence-corrected chi connectivity index (χ4v) is 10.3. The summed E-state index contributed by atoms with van der Waals surface area (Å²) in [6, 6.07) is 80.7. The molecule has 0 N–H and O–H groups in total. The third kappa shape index (κ3) is 5.34. The van der Waals surface area contributed by atoms with E-state index in [-0.39, 0.29) is 5.41 Å². The first-order valence-electron chi connectivity index (χ1n) is 20.7. The van der Waals surface area contributed by atoms with Crippen LogP contribution in [-0.2, 0) is 18.3 Å². The molecule has 2 heteroatoms. The third-order valence-corrected chi connectivity index (χ3v) is 12.9. The lowest BCUT2D eigenvalue weighted by atomic mass is 9.75. The van der Waals surface area contributed by atoms with Crippen LogP contribution in [0.4, 0.5) is 17.1 Å². The predicted molar refractivity (Wildman–Crippen MR) is 246 cm³/mol. The Hall–Kier alpha value is -7.42. The first-order valence-corrected chi connectivity index (χ1v) is 20.7. The van der Waals surface area contributed by atoms with Crippen LogP contribution in [0.2, 0.25) is 0 Å². The molecular formula is C57H40N2. The highest BCUT2D eigenvalue weighted by atomic mass is 15.1. The van der Waals surface area contributed by atoms with Gasteiger partial charge in [-0.25, -0.2) is 0 Å². The second-order valence-electron chi connectivity index (χ2n) is 16.2. The molecule has 10 aromatic rings. The van der Waals surface area contributed by atoms with Crippen LogP contribution in [0.5, 0.6) is 0 Å². The van der Waals surface area contributed by atoms with Gasteiger partial charge in [0.1, 0.15) is 0 Å². The average Bonchev–Trinajstić information content (AvgIpc) is 3.95. The zero-order valence-electron chi connectivity index (χ0n) is 32.6. The molecule has 0 amide bonds. The summed E-state index contributed by atoms with van der Waals surface area (Å²) < 4.78 is 2.38. The number of hydrogen-bond donors (Lipinski definition) is 0. The molecule has 2 nitrogen and oxygen atoms in total. The summed E-state index contributed by atoms with van der Waals surface area (Å²) in [5, 5.41) is 2.51. The van der Waals surface area contributed by atoms with E-state index in [0.29, 0.717) is 0 Å². The van der Waals surface area contributed by atoms with Crippen molar-refractivity contribution in [2.75, 3.05) is 4.90 Å². The van der Waals surface area contributed by atoms with Crippen LogP contribution in [0.1, 0.15) is 22.3 Å². The summed E-state index contributed by atoms with van der Waals surface area (Å²) in [5.74, 6) is 0. The van der Waals surface area contributed by atoms with Crippen molar-refractivity contribution < 1.29 is 0 Å². The largest absolute Gasteiger partial charge is 0.310 e. The van der Waals surface area contributed by atoms with Crippen LogP contribution < -0.4 is 4.90 Å². The van der Waals surface area contributed by atoms with E-state index in [0.717, 1.165) is 29.9 Å². The van der Waals surface area contributed by atoms with Gasteiger partial charge in [0, 0.05) is 38.9 Å². The van der Waals surface area contributed by atoms with E-state index in [1.165, 1.54) is 83.1 Å². The van der Waals surface area contributed by atoms with Crippen LogP contribution in [-0.4, -0.2) is 4.57 Å². The average molecular weight is 753 g/mol. The molecule has 0 saturated carbocycles. The smallest absolute Gasteiger partial charge is 0.0541 e. The molecule has 59 heavy (non-hydrogen) atoms. The molecule has 1 aromatic heterocycles. The Bertz CT molecular complexity index is 3200. The lowest BCUT2D eigenvalue weighted by Gasteiger charge is -2.30. The van der Waals surface area contributed by atoms with E-state index < -0.39 is 0 Å². The normalized spacial score (nSPS) is 13.4. The lowest BCUT2D eigenvalue weighted by Crippen LogP contribution is -2.26. The highest BCUT2D eigenvalue weighted by Gasteiger charge is 2.47. The van der Waals surface area contributed by atoms with Crippen molar-refractivity contribution in [2.45, 2.75) is 18.3 Å². The van der Waals surface area contributed by atoms with Crippen LogP contribution in [0.25, 0.3) is 60.9 Å². The standard InChI is InChI=1S/C57H40N2/c1-3-15-39(16-4-1)40-19-13-23-46(33-40)58(48-30-31-50-49-25-9-11-27-53(49)57(54(50)36-48)37-43-17-7-8-18-44(43)38-57)47-24-14-20-41(34-47)42-29-32-56-52(35-42)51-26-10-12-28-55(51)59(56)45-21-5-2-6-22-45/h1-36H,37-38H2. The molecule has 0 saturated heterocycles. The van der Waals surface area contributed by atoms with E-state index in [1.807, 2.05) is 0 Å². The van der Waals surface area contributed by atoms with Gasteiger partial charge in [0.05, 0.1) is 11.0 Å². The predicted octanol–water partition coefficient (Wildman–Crippen LogP) is 14.7. The van der Waals surface area contributed by atoms with Crippen LogP contribution in [0.15, 0.2) is 218 Å². The topological polar surface area (TPSA) is 8.17 Å². The molecule has 0 bridgehead atoms. The number of anilines is 3. The quantitative estimate of drug-likeness (QED) is 0.164. The molecule has 1 spiro atoms. The van der Waals surface area contributed by atoms with Crippen LogP contribution in [0, 0.1) is 0 Å². The van der Waals surface area contributed by atoms with E-state index in [9.17, 15) is 0 Å². The maximum atomic E-state index is 2.51. The SMILES string of the molecule is c1ccc(-c2cccc(N(c3cccc(-c4ccc5c(c4)c4ccccc4n5-c4ccccc4)c3)c3ccc4c(c3)C3(Cc5ccccc5C3)c3ccccc3-4)c2)cc1. The van der Waals surface area contributed by atoms with Gasteiger partial charge >= 0.3 is 0 Å². The molecule has 9 aromatic carbocycles. The minimum Gasteiger partial charge on any atom is -0.310 e. The second kappa shape index (κ2) is 13.3. The van der Waals surface area contributed by atoms with E-state index >= 15 is 0 Å². The monoisotopic (exact) mass is 752 g/mol. The van der Waals surface area contributed by atoms with Crippen molar-refractivity contribution in [3.05, 3.63) is 241 Å². The van der Waals surface area contributed by atoms with Gasteiger partial charge in [-0.05, 0) is 135 Å². The maximum Gasteiger partial charge on any atom is 0.0541 e. The maximum absolute atomic E-state index is 2.51. The molecule has 2 aliphatic carbocycles.